The highest BCUT2D eigenvalue weighted by Gasteiger charge is 2.10. The average molecular weight is 480 g/mol. The molecule has 0 amide bonds. The zero-order valence-corrected chi connectivity index (χ0v) is 18.2. The molecule has 0 radical (unpaired) electrons. The highest BCUT2D eigenvalue weighted by Crippen LogP contribution is 2.17. The third-order valence-corrected chi connectivity index (χ3v) is 4.59. The molecular formula is C20H29IN6. The van der Waals surface area contributed by atoms with E-state index >= 15 is 0 Å². The van der Waals surface area contributed by atoms with Crippen molar-refractivity contribution in [3.05, 3.63) is 54.0 Å². The Bertz CT molecular complexity index is 681. The number of aromatic nitrogens is 2. The lowest BCUT2D eigenvalue weighted by molar-refractivity contribution is 0.726. The Labute approximate surface area is 178 Å². The topological polar surface area (TPSA) is 65.4 Å². The highest BCUT2D eigenvalue weighted by molar-refractivity contribution is 14.0. The summed E-state index contributed by atoms with van der Waals surface area (Å²) in [5.74, 6) is 1.85. The molecule has 1 aliphatic rings. The highest BCUT2D eigenvalue weighted by atomic mass is 127. The predicted molar refractivity (Wildman–Crippen MR) is 122 cm³/mol. The number of nitrogens with zero attached hydrogens (tertiary/aromatic N) is 4. The van der Waals surface area contributed by atoms with Crippen molar-refractivity contribution in [2.24, 2.45) is 4.99 Å². The summed E-state index contributed by atoms with van der Waals surface area (Å²) in [6.45, 7) is 3.57. The van der Waals surface area contributed by atoms with E-state index in [2.05, 4.69) is 42.6 Å². The monoisotopic (exact) mass is 480 g/mol. The van der Waals surface area contributed by atoms with Gasteiger partial charge in [0.2, 0.25) is 0 Å². The minimum Gasteiger partial charge on any atom is -0.357 e. The molecule has 0 aliphatic carbocycles. The van der Waals surface area contributed by atoms with Crippen LogP contribution in [0.25, 0.3) is 0 Å². The lowest BCUT2D eigenvalue weighted by Crippen LogP contribution is -2.36. The van der Waals surface area contributed by atoms with Crippen LogP contribution in [0, 0.1) is 0 Å². The van der Waals surface area contributed by atoms with Crippen molar-refractivity contribution in [3.63, 3.8) is 0 Å². The lowest BCUT2D eigenvalue weighted by atomic mass is 10.2. The summed E-state index contributed by atoms with van der Waals surface area (Å²) < 4.78 is 0. The van der Waals surface area contributed by atoms with E-state index in [-0.39, 0.29) is 24.0 Å². The molecule has 3 rings (SSSR count). The van der Waals surface area contributed by atoms with Crippen LogP contribution < -0.4 is 15.5 Å². The standard InChI is InChI=1S/C20H28N6.HI/c1-21-20(25-16-18-8-4-5-11-22-18)24-15-17-9-10-19(23-14-17)26-12-6-2-3-7-13-26;/h4-5,8-11,14H,2-3,6-7,12-13,15-16H2,1H3,(H2,21,24,25);1H. The van der Waals surface area contributed by atoms with Crippen LogP contribution in [0.15, 0.2) is 47.7 Å². The van der Waals surface area contributed by atoms with Gasteiger partial charge in [-0.2, -0.15) is 0 Å². The average Bonchev–Trinajstić information content (AvgIpc) is 2.99. The van der Waals surface area contributed by atoms with Crippen molar-refractivity contribution >= 4 is 35.8 Å². The number of rotatable bonds is 5. The van der Waals surface area contributed by atoms with E-state index in [0.717, 1.165) is 36.1 Å². The number of hydrogen-bond acceptors (Lipinski definition) is 4. The van der Waals surface area contributed by atoms with Gasteiger partial charge in [0.05, 0.1) is 12.2 Å². The SMILES string of the molecule is CN=C(NCc1ccc(N2CCCCCC2)nc1)NCc1ccccn1.I. The molecule has 6 nitrogen and oxygen atoms in total. The normalized spacial score (nSPS) is 14.9. The number of halogens is 1. The fourth-order valence-corrected chi connectivity index (χ4v) is 3.09. The largest absolute Gasteiger partial charge is 0.357 e. The summed E-state index contributed by atoms with van der Waals surface area (Å²) in [4.78, 5) is 15.6. The molecule has 7 heteroatoms. The van der Waals surface area contributed by atoms with E-state index in [9.17, 15) is 0 Å². The quantitative estimate of drug-likeness (QED) is 0.391. The van der Waals surface area contributed by atoms with E-state index in [1.165, 1.54) is 25.7 Å². The molecule has 2 aromatic rings. The van der Waals surface area contributed by atoms with Gasteiger partial charge in [0.15, 0.2) is 5.96 Å². The minimum atomic E-state index is 0. The first-order valence-electron chi connectivity index (χ1n) is 9.39. The zero-order valence-electron chi connectivity index (χ0n) is 15.9. The second-order valence-corrected chi connectivity index (χ2v) is 6.53. The first-order valence-corrected chi connectivity index (χ1v) is 9.39. The summed E-state index contributed by atoms with van der Waals surface area (Å²) in [6.07, 6.45) is 8.96. The second-order valence-electron chi connectivity index (χ2n) is 6.53. The molecule has 27 heavy (non-hydrogen) atoms. The van der Waals surface area contributed by atoms with Crippen molar-refractivity contribution in [1.82, 2.24) is 20.6 Å². The Kier molecular flexibility index (Phi) is 9.30. The van der Waals surface area contributed by atoms with Gasteiger partial charge in [-0.15, -0.1) is 24.0 Å². The number of pyridine rings is 2. The van der Waals surface area contributed by atoms with Gasteiger partial charge in [0, 0.05) is 39.1 Å². The van der Waals surface area contributed by atoms with Crippen LogP contribution in [-0.2, 0) is 13.1 Å². The third-order valence-electron chi connectivity index (χ3n) is 4.59. The van der Waals surface area contributed by atoms with Crippen molar-refractivity contribution in [2.75, 3.05) is 25.0 Å². The number of guanidine groups is 1. The Hall–Kier alpha value is -1.90. The van der Waals surface area contributed by atoms with E-state index in [1.54, 1.807) is 13.2 Å². The summed E-state index contributed by atoms with van der Waals surface area (Å²) in [7, 11) is 1.77. The van der Waals surface area contributed by atoms with Crippen LogP contribution in [-0.4, -0.2) is 36.1 Å². The van der Waals surface area contributed by atoms with Gasteiger partial charge in [-0.25, -0.2) is 4.98 Å². The van der Waals surface area contributed by atoms with Crippen LogP contribution in [0.4, 0.5) is 5.82 Å². The van der Waals surface area contributed by atoms with Gasteiger partial charge in [-0.1, -0.05) is 25.0 Å². The molecular weight excluding hydrogens is 451 g/mol. The predicted octanol–water partition coefficient (Wildman–Crippen LogP) is 3.34. The maximum atomic E-state index is 4.66. The van der Waals surface area contributed by atoms with Crippen LogP contribution in [0.3, 0.4) is 0 Å². The van der Waals surface area contributed by atoms with Crippen LogP contribution >= 0.6 is 24.0 Å². The fourth-order valence-electron chi connectivity index (χ4n) is 3.09. The van der Waals surface area contributed by atoms with E-state index in [4.69, 9.17) is 0 Å². The summed E-state index contributed by atoms with van der Waals surface area (Å²) >= 11 is 0. The van der Waals surface area contributed by atoms with E-state index in [0.29, 0.717) is 13.1 Å². The second kappa shape index (κ2) is 11.7. The Morgan fingerprint density at radius 2 is 1.78 bits per heavy atom. The summed E-state index contributed by atoms with van der Waals surface area (Å²) in [5.41, 5.74) is 2.13. The maximum Gasteiger partial charge on any atom is 0.191 e. The minimum absolute atomic E-state index is 0. The Morgan fingerprint density at radius 3 is 2.41 bits per heavy atom. The molecule has 0 spiro atoms. The summed E-state index contributed by atoms with van der Waals surface area (Å²) in [5, 5.41) is 6.60. The Morgan fingerprint density at radius 1 is 1.00 bits per heavy atom. The number of aliphatic imine (C=N–C) groups is 1. The molecule has 2 N–H and O–H groups in total. The molecule has 0 aromatic carbocycles. The van der Waals surface area contributed by atoms with Crippen LogP contribution in [0.1, 0.15) is 36.9 Å². The van der Waals surface area contributed by atoms with Crippen LogP contribution in [0.5, 0.6) is 0 Å². The molecule has 0 unspecified atom stereocenters. The summed E-state index contributed by atoms with van der Waals surface area (Å²) in [6, 6.07) is 10.2. The van der Waals surface area contributed by atoms with Gasteiger partial charge in [0.25, 0.3) is 0 Å². The van der Waals surface area contributed by atoms with Gasteiger partial charge in [-0.05, 0) is 36.6 Å². The first-order chi connectivity index (χ1) is 12.8. The van der Waals surface area contributed by atoms with Gasteiger partial charge >= 0.3 is 0 Å². The van der Waals surface area contributed by atoms with Crippen LogP contribution in [0.2, 0.25) is 0 Å². The smallest absolute Gasteiger partial charge is 0.191 e. The molecule has 1 saturated heterocycles. The Balaban J connectivity index is 0.00000261. The number of anilines is 1. The molecule has 0 saturated carbocycles. The van der Waals surface area contributed by atoms with Gasteiger partial charge < -0.3 is 15.5 Å². The fraction of sp³-hybridized carbons (Fsp3) is 0.450. The van der Waals surface area contributed by atoms with Crippen molar-refractivity contribution in [2.45, 2.75) is 38.8 Å². The molecule has 1 aliphatic heterocycles. The van der Waals surface area contributed by atoms with E-state index < -0.39 is 0 Å². The zero-order chi connectivity index (χ0) is 18.0. The van der Waals surface area contributed by atoms with Crippen molar-refractivity contribution in [1.29, 1.82) is 0 Å². The molecule has 1 fully saturated rings. The van der Waals surface area contributed by atoms with Crippen molar-refractivity contribution < 1.29 is 0 Å². The molecule has 0 atom stereocenters. The number of nitrogens with one attached hydrogen (secondary N) is 2. The lowest BCUT2D eigenvalue weighted by Gasteiger charge is -2.21. The van der Waals surface area contributed by atoms with E-state index in [1.807, 2.05) is 24.4 Å². The van der Waals surface area contributed by atoms with Gasteiger partial charge in [0.1, 0.15) is 5.82 Å². The maximum absolute atomic E-state index is 4.66. The van der Waals surface area contributed by atoms with Gasteiger partial charge in [-0.3, -0.25) is 9.98 Å². The molecule has 146 valence electrons. The number of hydrogen-bond donors (Lipinski definition) is 2. The molecule has 3 heterocycles. The molecule has 2 aromatic heterocycles. The van der Waals surface area contributed by atoms with Crippen molar-refractivity contribution in [3.8, 4) is 0 Å². The third kappa shape index (κ3) is 6.97. The first kappa shape index (κ1) is 21.4. The molecule has 0 bridgehead atoms.